The van der Waals surface area contributed by atoms with Gasteiger partial charge < -0.3 is 5.73 Å². The number of nitrogens with zero attached hydrogens (tertiary/aromatic N) is 4. The fraction of sp³-hybridized carbons (Fsp3) is 0.533. The number of nitrogens with two attached hydrogens (primary N) is 1. The van der Waals surface area contributed by atoms with Gasteiger partial charge in [0.15, 0.2) is 5.82 Å². The minimum atomic E-state index is -0.352. The Bertz CT molecular complexity index is 649. The molecule has 6 heteroatoms. The van der Waals surface area contributed by atoms with Gasteiger partial charge in [-0.15, -0.1) is 5.10 Å². The number of hydrogen-bond donors (Lipinski definition) is 1. The first-order valence-electron chi connectivity index (χ1n) is 7.29. The summed E-state index contributed by atoms with van der Waals surface area (Å²) in [4.78, 5) is 0. The minimum Gasteiger partial charge on any atom is -0.399 e. The molecule has 1 heterocycles. The molecule has 5 nitrogen and oxygen atoms in total. The normalized spacial score (nSPS) is 21.4. The highest BCUT2D eigenvalue weighted by Crippen LogP contribution is 2.41. The van der Waals surface area contributed by atoms with E-state index in [1.807, 2.05) is 0 Å². The van der Waals surface area contributed by atoms with E-state index in [2.05, 4.69) is 29.4 Å². The summed E-state index contributed by atoms with van der Waals surface area (Å²) in [5.74, 6) is 0.109. The van der Waals surface area contributed by atoms with Gasteiger partial charge in [-0.1, -0.05) is 20.3 Å². The molecule has 0 radical (unpaired) electrons. The first-order valence-corrected chi connectivity index (χ1v) is 7.29. The lowest BCUT2D eigenvalue weighted by atomic mass is 9.75. The summed E-state index contributed by atoms with van der Waals surface area (Å²) in [5, 5.41) is 11.9. The maximum absolute atomic E-state index is 14.1. The van der Waals surface area contributed by atoms with Gasteiger partial charge in [0, 0.05) is 5.69 Å². The SMILES string of the molecule is CC1(C)CCCC(n2nnnc2-c2cc(N)ccc2F)C1. The molecule has 2 aromatic rings. The zero-order valence-corrected chi connectivity index (χ0v) is 12.4. The summed E-state index contributed by atoms with van der Waals surface area (Å²) in [6, 6.07) is 4.69. The molecule has 1 aliphatic carbocycles. The van der Waals surface area contributed by atoms with Gasteiger partial charge in [-0.05, 0) is 53.3 Å². The minimum absolute atomic E-state index is 0.208. The van der Waals surface area contributed by atoms with E-state index in [9.17, 15) is 4.39 Å². The van der Waals surface area contributed by atoms with Crippen LogP contribution in [-0.4, -0.2) is 20.2 Å². The van der Waals surface area contributed by atoms with Crippen molar-refractivity contribution in [3.05, 3.63) is 24.0 Å². The molecule has 3 rings (SSSR count). The molecule has 0 spiro atoms. The van der Waals surface area contributed by atoms with Crippen molar-refractivity contribution in [1.29, 1.82) is 0 Å². The molecule has 1 atom stereocenters. The number of benzene rings is 1. The summed E-state index contributed by atoms with van der Waals surface area (Å²) in [6.45, 7) is 4.51. The van der Waals surface area contributed by atoms with Gasteiger partial charge in [0.05, 0.1) is 11.6 Å². The molecule has 21 heavy (non-hydrogen) atoms. The quantitative estimate of drug-likeness (QED) is 0.862. The van der Waals surface area contributed by atoms with Gasteiger partial charge in [-0.2, -0.15) is 0 Å². The van der Waals surface area contributed by atoms with Crippen molar-refractivity contribution in [3.8, 4) is 11.4 Å². The summed E-state index contributed by atoms with van der Waals surface area (Å²) in [6.07, 6.45) is 4.35. The van der Waals surface area contributed by atoms with Crippen LogP contribution in [0, 0.1) is 11.2 Å². The van der Waals surface area contributed by atoms with Gasteiger partial charge in [-0.3, -0.25) is 0 Å². The lowest BCUT2D eigenvalue weighted by molar-refractivity contribution is 0.174. The zero-order valence-electron chi connectivity index (χ0n) is 12.4. The molecule has 0 aliphatic heterocycles. The van der Waals surface area contributed by atoms with Crippen LogP contribution in [0.4, 0.5) is 10.1 Å². The van der Waals surface area contributed by atoms with E-state index >= 15 is 0 Å². The van der Waals surface area contributed by atoms with Gasteiger partial charge >= 0.3 is 0 Å². The molecule has 1 fully saturated rings. The number of rotatable bonds is 2. The average Bonchev–Trinajstić information content (AvgIpc) is 2.89. The molecule has 1 aromatic heterocycles. The Morgan fingerprint density at radius 2 is 2.19 bits per heavy atom. The third kappa shape index (κ3) is 2.75. The van der Waals surface area contributed by atoms with E-state index in [0.29, 0.717) is 17.1 Å². The van der Waals surface area contributed by atoms with Crippen molar-refractivity contribution < 1.29 is 4.39 Å². The van der Waals surface area contributed by atoms with Crippen molar-refractivity contribution in [2.45, 2.75) is 45.6 Å². The molecule has 112 valence electrons. The van der Waals surface area contributed by atoms with Crippen LogP contribution in [0.2, 0.25) is 0 Å². The predicted octanol–water partition coefficient (Wildman–Crippen LogP) is 3.20. The van der Waals surface area contributed by atoms with E-state index in [1.54, 1.807) is 10.7 Å². The third-order valence-corrected chi connectivity index (χ3v) is 4.25. The molecule has 0 amide bonds. The van der Waals surface area contributed by atoms with Crippen LogP contribution < -0.4 is 5.73 Å². The van der Waals surface area contributed by atoms with Gasteiger partial charge in [-0.25, -0.2) is 9.07 Å². The van der Waals surface area contributed by atoms with E-state index in [0.717, 1.165) is 19.3 Å². The highest BCUT2D eigenvalue weighted by atomic mass is 19.1. The second kappa shape index (κ2) is 5.09. The van der Waals surface area contributed by atoms with Crippen LogP contribution >= 0.6 is 0 Å². The Morgan fingerprint density at radius 3 is 2.95 bits per heavy atom. The Balaban J connectivity index is 1.99. The summed E-state index contributed by atoms with van der Waals surface area (Å²) >= 11 is 0. The number of aromatic nitrogens is 4. The van der Waals surface area contributed by atoms with Crippen LogP contribution in [0.25, 0.3) is 11.4 Å². The predicted molar refractivity (Wildman–Crippen MR) is 78.9 cm³/mol. The number of anilines is 1. The topological polar surface area (TPSA) is 69.6 Å². The second-order valence-corrected chi connectivity index (χ2v) is 6.60. The third-order valence-electron chi connectivity index (χ3n) is 4.25. The van der Waals surface area contributed by atoms with E-state index in [4.69, 9.17) is 5.73 Å². The Labute approximate surface area is 123 Å². The number of nitrogen functional groups attached to an aromatic ring is 1. The van der Waals surface area contributed by atoms with Gasteiger partial charge in [0.25, 0.3) is 0 Å². The number of hydrogen-bond acceptors (Lipinski definition) is 4. The number of tetrazole rings is 1. The maximum atomic E-state index is 14.1. The van der Waals surface area contributed by atoms with Crippen molar-refractivity contribution in [2.24, 2.45) is 5.41 Å². The Morgan fingerprint density at radius 1 is 1.38 bits per heavy atom. The van der Waals surface area contributed by atoms with Crippen molar-refractivity contribution in [1.82, 2.24) is 20.2 Å². The van der Waals surface area contributed by atoms with Crippen LogP contribution in [0.15, 0.2) is 18.2 Å². The first-order chi connectivity index (χ1) is 9.96. The van der Waals surface area contributed by atoms with E-state index in [1.165, 1.54) is 18.6 Å². The van der Waals surface area contributed by atoms with Crippen LogP contribution in [0.5, 0.6) is 0 Å². The highest BCUT2D eigenvalue weighted by molar-refractivity contribution is 5.61. The van der Waals surface area contributed by atoms with Gasteiger partial charge in [0.1, 0.15) is 5.82 Å². The van der Waals surface area contributed by atoms with E-state index in [-0.39, 0.29) is 17.3 Å². The Hall–Kier alpha value is -1.98. The summed E-state index contributed by atoms with van der Waals surface area (Å²) < 4.78 is 15.8. The van der Waals surface area contributed by atoms with Crippen molar-refractivity contribution >= 4 is 5.69 Å². The monoisotopic (exact) mass is 289 g/mol. The second-order valence-electron chi connectivity index (χ2n) is 6.60. The largest absolute Gasteiger partial charge is 0.399 e. The number of halogens is 1. The molecule has 2 N–H and O–H groups in total. The van der Waals surface area contributed by atoms with Crippen molar-refractivity contribution in [2.75, 3.05) is 5.73 Å². The standard InChI is InChI=1S/C15H20FN5/c1-15(2)7-3-4-11(9-15)21-14(18-19-20-21)12-8-10(17)5-6-13(12)16/h5-6,8,11H,3-4,7,9,17H2,1-2H3. The lowest BCUT2D eigenvalue weighted by Gasteiger charge is -2.35. The molecule has 1 unspecified atom stereocenters. The lowest BCUT2D eigenvalue weighted by Crippen LogP contribution is -2.26. The van der Waals surface area contributed by atoms with Gasteiger partial charge in [0.2, 0.25) is 0 Å². The highest BCUT2D eigenvalue weighted by Gasteiger charge is 2.31. The van der Waals surface area contributed by atoms with Crippen LogP contribution in [-0.2, 0) is 0 Å². The fourth-order valence-electron chi connectivity index (χ4n) is 3.20. The fourth-order valence-corrected chi connectivity index (χ4v) is 3.20. The smallest absolute Gasteiger partial charge is 0.185 e. The van der Waals surface area contributed by atoms with Crippen LogP contribution in [0.1, 0.15) is 45.6 Å². The molecule has 1 saturated carbocycles. The maximum Gasteiger partial charge on any atom is 0.185 e. The molecule has 0 saturated heterocycles. The van der Waals surface area contributed by atoms with E-state index < -0.39 is 0 Å². The van der Waals surface area contributed by atoms with Crippen LogP contribution in [0.3, 0.4) is 0 Å². The molecule has 1 aromatic carbocycles. The molecular weight excluding hydrogens is 269 g/mol. The molecule has 0 bridgehead atoms. The first kappa shape index (κ1) is 14.0. The molecular formula is C15H20FN5. The average molecular weight is 289 g/mol. The summed E-state index contributed by atoms with van der Waals surface area (Å²) in [5.41, 5.74) is 6.89. The molecule has 1 aliphatic rings. The summed E-state index contributed by atoms with van der Waals surface area (Å²) in [7, 11) is 0. The Kier molecular flexibility index (Phi) is 3.39. The zero-order chi connectivity index (χ0) is 15.0. The van der Waals surface area contributed by atoms with Crippen molar-refractivity contribution in [3.63, 3.8) is 0 Å².